The summed E-state index contributed by atoms with van der Waals surface area (Å²) >= 11 is 0. The second kappa shape index (κ2) is 5.05. The Morgan fingerprint density at radius 3 is 2.87 bits per heavy atom. The Balaban J connectivity index is 1.69. The van der Waals surface area contributed by atoms with Crippen LogP contribution in [0.1, 0.15) is 22.5 Å². The maximum atomic E-state index is 4.69. The van der Waals surface area contributed by atoms with Crippen molar-refractivity contribution in [1.82, 2.24) is 29.0 Å². The monoisotopic (exact) mass is 307 g/mol. The van der Waals surface area contributed by atoms with E-state index in [1.807, 2.05) is 36.7 Å². The number of hydrogen-bond acceptors (Lipinski definition) is 5. The van der Waals surface area contributed by atoms with Gasteiger partial charge in [-0.1, -0.05) is 6.07 Å². The van der Waals surface area contributed by atoms with E-state index in [0.717, 1.165) is 34.0 Å². The molecule has 0 aliphatic carbocycles. The average Bonchev–Trinajstić information content (AvgIpc) is 3.15. The van der Waals surface area contributed by atoms with Gasteiger partial charge in [-0.05, 0) is 32.4 Å². The van der Waals surface area contributed by atoms with E-state index in [-0.39, 0.29) is 0 Å². The molecule has 23 heavy (non-hydrogen) atoms. The highest BCUT2D eigenvalue weighted by Crippen LogP contribution is 2.19. The van der Waals surface area contributed by atoms with Crippen molar-refractivity contribution in [2.45, 2.75) is 27.3 Å². The summed E-state index contributed by atoms with van der Waals surface area (Å²) in [5, 5.41) is 7.67. The molecule has 0 amide bonds. The molecular formula is C16H17N7. The third-order valence-electron chi connectivity index (χ3n) is 4.07. The first-order chi connectivity index (χ1) is 11.1. The van der Waals surface area contributed by atoms with Crippen molar-refractivity contribution < 1.29 is 0 Å². The first-order valence-corrected chi connectivity index (χ1v) is 7.47. The molecule has 4 rings (SSSR count). The molecule has 0 radical (unpaired) electrons. The van der Waals surface area contributed by atoms with Gasteiger partial charge in [-0.3, -0.25) is 0 Å². The Hall–Kier alpha value is -2.96. The van der Waals surface area contributed by atoms with Crippen LogP contribution >= 0.6 is 0 Å². The number of nitrogens with one attached hydrogen (secondary N) is 1. The van der Waals surface area contributed by atoms with Gasteiger partial charge in [0.05, 0.1) is 12.2 Å². The number of imidazole rings is 1. The zero-order chi connectivity index (χ0) is 16.0. The van der Waals surface area contributed by atoms with Crippen LogP contribution in [0.15, 0.2) is 30.9 Å². The van der Waals surface area contributed by atoms with E-state index in [4.69, 9.17) is 0 Å². The molecule has 1 N–H and O–H groups in total. The summed E-state index contributed by atoms with van der Waals surface area (Å²) in [6.07, 6.45) is 5.56. The quantitative estimate of drug-likeness (QED) is 0.629. The maximum absolute atomic E-state index is 4.69. The second-order valence-corrected chi connectivity index (χ2v) is 5.65. The Morgan fingerprint density at radius 1 is 1.17 bits per heavy atom. The summed E-state index contributed by atoms with van der Waals surface area (Å²) in [6.45, 7) is 6.68. The van der Waals surface area contributed by atoms with Crippen molar-refractivity contribution in [1.29, 1.82) is 0 Å². The van der Waals surface area contributed by atoms with Gasteiger partial charge >= 0.3 is 0 Å². The normalized spacial score (nSPS) is 11.4. The third-order valence-corrected chi connectivity index (χ3v) is 4.07. The molecule has 0 spiro atoms. The van der Waals surface area contributed by atoms with Crippen LogP contribution in [-0.4, -0.2) is 29.0 Å². The zero-order valence-electron chi connectivity index (χ0n) is 13.3. The van der Waals surface area contributed by atoms with Gasteiger partial charge in [0, 0.05) is 23.7 Å². The smallest absolute Gasteiger partial charge is 0.254 e. The fraction of sp³-hybridized carbons (Fsp3) is 0.250. The first kappa shape index (κ1) is 13.7. The van der Waals surface area contributed by atoms with Gasteiger partial charge in [-0.25, -0.2) is 9.97 Å². The highest BCUT2D eigenvalue weighted by atomic mass is 15.4. The summed E-state index contributed by atoms with van der Waals surface area (Å²) in [5.74, 6) is 1.50. The van der Waals surface area contributed by atoms with Gasteiger partial charge in [0.2, 0.25) is 0 Å². The van der Waals surface area contributed by atoms with Crippen molar-refractivity contribution >= 4 is 17.2 Å². The molecule has 7 nitrogen and oxygen atoms in total. The van der Waals surface area contributed by atoms with Crippen LogP contribution in [0.25, 0.3) is 11.4 Å². The maximum Gasteiger partial charge on any atom is 0.254 e. The largest absolute Gasteiger partial charge is 0.364 e. The minimum Gasteiger partial charge on any atom is -0.364 e. The van der Waals surface area contributed by atoms with Gasteiger partial charge < -0.3 is 9.72 Å². The number of anilines is 1. The lowest BCUT2D eigenvalue weighted by Crippen LogP contribution is -2.10. The lowest BCUT2D eigenvalue weighted by Gasteiger charge is -2.11. The fourth-order valence-corrected chi connectivity index (χ4v) is 2.70. The molecule has 4 aromatic heterocycles. The van der Waals surface area contributed by atoms with Gasteiger partial charge in [0.1, 0.15) is 17.8 Å². The Labute approximate surface area is 133 Å². The molecule has 4 heterocycles. The van der Waals surface area contributed by atoms with Gasteiger partial charge in [0.15, 0.2) is 0 Å². The van der Waals surface area contributed by atoms with Crippen LogP contribution in [0.5, 0.6) is 0 Å². The molecule has 0 saturated heterocycles. The molecule has 7 heteroatoms. The molecule has 0 bridgehead atoms. The van der Waals surface area contributed by atoms with Gasteiger partial charge in [-0.15, -0.1) is 0 Å². The lowest BCUT2D eigenvalue weighted by atomic mass is 10.2. The van der Waals surface area contributed by atoms with E-state index in [1.165, 1.54) is 6.33 Å². The van der Waals surface area contributed by atoms with Crippen LogP contribution in [0, 0.1) is 20.8 Å². The molecular weight excluding hydrogens is 290 g/mol. The van der Waals surface area contributed by atoms with Gasteiger partial charge in [-0.2, -0.15) is 14.6 Å². The Morgan fingerprint density at radius 2 is 2.04 bits per heavy atom. The van der Waals surface area contributed by atoms with E-state index in [9.17, 15) is 0 Å². The van der Waals surface area contributed by atoms with Crippen molar-refractivity contribution in [3.05, 3.63) is 53.4 Å². The number of rotatable bonds is 3. The van der Waals surface area contributed by atoms with E-state index < -0.39 is 0 Å². The third kappa shape index (κ3) is 2.21. The molecule has 0 aromatic carbocycles. The number of fused-ring (bicyclic) bond motifs is 2. The Kier molecular flexibility index (Phi) is 3.00. The molecule has 0 atom stereocenters. The number of aryl methyl sites for hydroxylation is 2. The molecule has 0 unspecified atom stereocenters. The SMILES string of the molecule is Cc1nc2ncnn2c(NCc2cn3cccc(C)c3n2)c1C. The summed E-state index contributed by atoms with van der Waals surface area (Å²) in [7, 11) is 0. The predicted octanol–water partition coefficient (Wildman–Crippen LogP) is 2.31. The van der Waals surface area contributed by atoms with E-state index >= 15 is 0 Å². The van der Waals surface area contributed by atoms with E-state index in [0.29, 0.717) is 12.3 Å². The number of aromatic nitrogens is 6. The highest BCUT2D eigenvalue weighted by Gasteiger charge is 2.11. The number of nitrogens with zero attached hydrogens (tertiary/aromatic N) is 6. The van der Waals surface area contributed by atoms with Gasteiger partial charge in [0.25, 0.3) is 5.78 Å². The van der Waals surface area contributed by atoms with Crippen molar-refractivity contribution in [2.75, 3.05) is 5.32 Å². The first-order valence-electron chi connectivity index (χ1n) is 7.47. The lowest BCUT2D eigenvalue weighted by molar-refractivity contribution is 0.898. The average molecular weight is 307 g/mol. The number of pyridine rings is 1. The van der Waals surface area contributed by atoms with Crippen LogP contribution in [0.3, 0.4) is 0 Å². The Bertz CT molecular complexity index is 1010. The summed E-state index contributed by atoms with van der Waals surface area (Å²) in [6, 6.07) is 4.09. The van der Waals surface area contributed by atoms with E-state index in [2.05, 4.69) is 38.4 Å². The molecule has 0 fully saturated rings. The van der Waals surface area contributed by atoms with Crippen LogP contribution in [0.4, 0.5) is 5.82 Å². The molecule has 0 saturated carbocycles. The summed E-state index contributed by atoms with van der Waals surface area (Å²) in [5.41, 5.74) is 5.12. The second-order valence-electron chi connectivity index (χ2n) is 5.65. The molecule has 0 aliphatic rings. The minimum absolute atomic E-state index is 0.599. The fourth-order valence-electron chi connectivity index (χ4n) is 2.70. The minimum atomic E-state index is 0.599. The topological polar surface area (TPSA) is 72.4 Å². The molecule has 4 aromatic rings. The van der Waals surface area contributed by atoms with Crippen molar-refractivity contribution in [3.8, 4) is 0 Å². The summed E-state index contributed by atoms with van der Waals surface area (Å²) in [4.78, 5) is 13.3. The summed E-state index contributed by atoms with van der Waals surface area (Å²) < 4.78 is 3.77. The predicted molar refractivity (Wildman–Crippen MR) is 87.5 cm³/mol. The molecule has 116 valence electrons. The standard InChI is InChI=1S/C16H17N7/c1-10-5-4-6-22-8-13(21-14(10)22)7-17-15-11(2)12(3)20-16-18-9-19-23(15)16/h4-6,8-9,17H,7H2,1-3H3. The number of hydrogen-bond donors (Lipinski definition) is 1. The van der Waals surface area contributed by atoms with Crippen molar-refractivity contribution in [2.24, 2.45) is 0 Å². The molecule has 0 aliphatic heterocycles. The van der Waals surface area contributed by atoms with Crippen LogP contribution in [-0.2, 0) is 6.54 Å². The highest BCUT2D eigenvalue weighted by molar-refractivity contribution is 5.52. The van der Waals surface area contributed by atoms with Crippen LogP contribution in [0.2, 0.25) is 0 Å². The van der Waals surface area contributed by atoms with Crippen LogP contribution < -0.4 is 5.32 Å². The zero-order valence-corrected chi connectivity index (χ0v) is 13.3. The van der Waals surface area contributed by atoms with Crippen molar-refractivity contribution in [3.63, 3.8) is 0 Å². The van der Waals surface area contributed by atoms with E-state index in [1.54, 1.807) is 4.52 Å².